The molecular weight excluding hydrogens is 410 g/mol. The van der Waals surface area contributed by atoms with Crippen molar-refractivity contribution >= 4 is 29.1 Å². The lowest BCUT2D eigenvalue weighted by Crippen LogP contribution is -2.31. The molecule has 156 valence electrons. The first-order valence-electron chi connectivity index (χ1n) is 9.85. The summed E-state index contributed by atoms with van der Waals surface area (Å²) in [5.74, 6) is 0.332. The first kappa shape index (κ1) is 20.5. The van der Waals surface area contributed by atoms with Crippen molar-refractivity contribution in [3.8, 4) is 16.9 Å². The molecule has 0 saturated carbocycles. The Labute approximate surface area is 185 Å². The summed E-state index contributed by atoms with van der Waals surface area (Å²) in [6.07, 6.45) is 0. The first-order valence-corrected chi connectivity index (χ1v) is 10.2. The summed E-state index contributed by atoms with van der Waals surface area (Å²) >= 11 is 6.04. The van der Waals surface area contributed by atoms with Crippen LogP contribution in [-0.4, -0.2) is 15.8 Å². The number of para-hydroxylation sites is 1. The smallest absolute Gasteiger partial charge is 0.319 e. The van der Waals surface area contributed by atoms with Gasteiger partial charge in [0, 0.05) is 10.6 Å². The number of nitrogens with one attached hydrogen (secondary N) is 2. The molecule has 4 aromatic rings. The third kappa shape index (κ3) is 4.54. The van der Waals surface area contributed by atoms with Gasteiger partial charge in [-0.1, -0.05) is 72.3 Å². The SMILES string of the molecule is CC(NC(=O)Nc1c(-c2ccc(Cl)cc2)nn(-c2ccccc2)c1N)c1ccccc1. The minimum absolute atomic E-state index is 0.175. The standard InChI is InChI=1S/C24H22ClN5O/c1-16(17-8-4-2-5-9-17)27-24(31)28-22-21(18-12-14-19(25)15-13-18)29-30(23(22)26)20-10-6-3-7-11-20/h2-16H,26H2,1H3,(H2,27,28,31). The molecule has 0 aliphatic heterocycles. The van der Waals surface area contributed by atoms with Crippen LogP contribution in [0.4, 0.5) is 16.3 Å². The number of nitrogen functional groups attached to an aromatic ring is 1. The summed E-state index contributed by atoms with van der Waals surface area (Å²) in [6, 6.07) is 25.9. The molecule has 3 aromatic carbocycles. The summed E-state index contributed by atoms with van der Waals surface area (Å²) in [6.45, 7) is 1.92. The topological polar surface area (TPSA) is 85.0 Å². The second kappa shape index (κ2) is 8.93. The van der Waals surface area contributed by atoms with Gasteiger partial charge >= 0.3 is 6.03 Å². The predicted molar refractivity (Wildman–Crippen MR) is 125 cm³/mol. The minimum atomic E-state index is -0.370. The molecule has 31 heavy (non-hydrogen) atoms. The van der Waals surface area contributed by atoms with E-state index in [1.54, 1.807) is 16.8 Å². The predicted octanol–water partition coefficient (Wildman–Crippen LogP) is 5.66. The molecule has 7 heteroatoms. The Balaban J connectivity index is 1.67. The third-order valence-electron chi connectivity index (χ3n) is 4.93. The molecule has 0 aliphatic rings. The van der Waals surface area contributed by atoms with Gasteiger partial charge in [-0.05, 0) is 36.8 Å². The molecule has 1 aromatic heterocycles. The Morgan fingerprint density at radius 1 is 0.968 bits per heavy atom. The number of hydrogen-bond donors (Lipinski definition) is 3. The quantitative estimate of drug-likeness (QED) is 0.381. The van der Waals surface area contributed by atoms with Crippen molar-refractivity contribution < 1.29 is 4.79 Å². The number of nitrogens with zero attached hydrogens (tertiary/aromatic N) is 2. The fraction of sp³-hybridized carbons (Fsp3) is 0.0833. The van der Waals surface area contributed by atoms with Gasteiger partial charge in [0.05, 0.1) is 11.7 Å². The summed E-state index contributed by atoms with van der Waals surface area (Å²) < 4.78 is 1.61. The van der Waals surface area contributed by atoms with Crippen LogP contribution in [0.2, 0.25) is 5.02 Å². The van der Waals surface area contributed by atoms with E-state index < -0.39 is 0 Å². The molecule has 0 bridgehead atoms. The maximum absolute atomic E-state index is 12.8. The van der Waals surface area contributed by atoms with Crippen LogP contribution in [-0.2, 0) is 0 Å². The van der Waals surface area contributed by atoms with Gasteiger partial charge in [-0.15, -0.1) is 0 Å². The van der Waals surface area contributed by atoms with E-state index in [1.165, 1.54) is 0 Å². The number of amides is 2. The highest BCUT2D eigenvalue weighted by atomic mass is 35.5. The maximum atomic E-state index is 12.8. The summed E-state index contributed by atoms with van der Waals surface area (Å²) in [5.41, 5.74) is 10.0. The molecule has 4 N–H and O–H groups in total. The largest absolute Gasteiger partial charge is 0.382 e. The van der Waals surface area contributed by atoms with E-state index in [0.29, 0.717) is 22.2 Å². The summed E-state index contributed by atoms with van der Waals surface area (Å²) in [4.78, 5) is 12.8. The van der Waals surface area contributed by atoms with E-state index >= 15 is 0 Å². The lowest BCUT2D eigenvalue weighted by Gasteiger charge is -2.15. The molecule has 0 aliphatic carbocycles. The molecule has 0 fully saturated rings. The second-order valence-corrected chi connectivity index (χ2v) is 7.53. The Morgan fingerprint density at radius 3 is 2.23 bits per heavy atom. The Bertz CT molecular complexity index is 1170. The lowest BCUT2D eigenvalue weighted by molar-refractivity contribution is 0.249. The van der Waals surface area contributed by atoms with Crippen molar-refractivity contribution in [1.29, 1.82) is 0 Å². The monoisotopic (exact) mass is 431 g/mol. The Morgan fingerprint density at radius 2 is 1.58 bits per heavy atom. The number of nitrogens with two attached hydrogens (primary N) is 1. The van der Waals surface area contributed by atoms with Crippen LogP contribution in [0.1, 0.15) is 18.5 Å². The zero-order chi connectivity index (χ0) is 21.8. The Kier molecular flexibility index (Phi) is 5.91. The average Bonchev–Trinajstić information content (AvgIpc) is 3.11. The van der Waals surface area contributed by atoms with Crippen molar-refractivity contribution in [1.82, 2.24) is 15.1 Å². The molecule has 0 saturated heterocycles. The second-order valence-electron chi connectivity index (χ2n) is 7.09. The van der Waals surface area contributed by atoms with Crippen molar-refractivity contribution in [2.75, 3.05) is 11.1 Å². The van der Waals surface area contributed by atoms with E-state index in [-0.39, 0.29) is 12.1 Å². The average molecular weight is 432 g/mol. The molecule has 2 amide bonds. The maximum Gasteiger partial charge on any atom is 0.319 e. The number of aromatic nitrogens is 2. The van der Waals surface area contributed by atoms with Gasteiger partial charge in [0.15, 0.2) is 5.82 Å². The number of rotatable bonds is 5. The molecule has 1 unspecified atom stereocenters. The van der Waals surface area contributed by atoms with Crippen LogP contribution in [0.25, 0.3) is 16.9 Å². The number of benzene rings is 3. The van der Waals surface area contributed by atoms with E-state index in [2.05, 4.69) is 15.7 Å². The van der Waals surface area contributed by atoms with E-state index in [0.717, 1.165) is 16.8 Å². The van der Waals surface area contributed by atoms with E-state index in [1.807, 2.05) is 79.7 Å². The van der Waals surface area contributed by atoms with Gasteiger partial charge in [0.1, 0.15) is 11.4 Å². The normalized spacial score (nSPS) is 11.7. The molecular formula is C24H22ClN5O. The molecule has 6 nitrogen and oxygen atoms in total. The molecule has 4 rings (SSSR count). The van der Waals surface area contributed by atoms with Crippen LogP contribution < -0.4 is 16.4 Å². The van der Waals surface area contributed by atoms with Crippen molar-refractivity contribution in [3.05, 3.63) is 95.5 Å². The van der Waals surface area contributed by atoms with Gasteiger partial charge in [-0.3, -0.25) is 0 Å². The zero-order valence-corrected chi connectivity index (χ0v) is 17.7. The van der Waals surface area contributed by atoms with Crippen molar-refractivity contribution in [3.63, 3.8) is 0 Å². The summed E-state index contributed by atoms with van der Waals surface area (Å²) in [7, 11) is 0. The van der Waals surface area contributed by atoms with Gasteiger partial charge in [-0.25, -0.2) is 9.48 Å². The number of urea groups is 1. The number of halogens is 1. The van der Waals surface area contributed by atoms with Crippen LogP contribution in [0, 0.1) is 0 Å². The third-order valence-corrected chi connectivity index (χ3v) is 5.18. The summed E-state index contributed by atoms with van der Waals surface area (Å²) in [5, 5.41) is 11.1. The zero-order valence-electron chi connectivity index (χ0n) is 16.9. The van der Waals surface area contributed by atoms with E-state index in [9.17, 15) is 4.79 Å². The highest BCUT2D eigenvalue weighted by molar-refractivity contribution is 6.30. The van der Waals surface area contributed by atoms with Crippen LogP contribution in [0.3, 0.4) is 0 Å². The van der Waals surface area contributed by atoms with Crippen molar-refractivity contribution in [2.24, 2.45) is 0 Å². The lowest BCUT2D eigenvalue weighted by atomic mass is 10.1. The van der Waals surface area contributed by atoms with Crippen molar-refractivity contribution in [2.45, 2.75) is 13.0 Å². The van der Waals surface area contributed by atoms with Crippen LogP contribution >= 0.6 is 11.6 Å². The highest BCUT2D eigenvalue weighted by Gasteiger charge is 2.21. The van der Waals surface area contributed by atoms with Crippen LogP contribution in [0.15, 0.2) is 84.9 Å². The molecule has 1 heterocycles. The first-order chi connectivity index (χ1) is 15.0. The number of anilines is 2. The van der Waals surface area contributed by atoms with Crippen LogP contribution in [0.5, 0.6) is 0 Å². The molecule has 0 radical (unpaired) electrons. The van der Waals surface area contributed by atoms with E-state index in [4.69, 9.17) is 17.3 Å². The fourth-order valence-electron chi connectivity index (χ4n) is 3.30. The highest BCUT2D eigenvalue weighted by Crippen LogP contribution is 2.34. The van der Waals surface area contributed by atoms with Gasteiger partial charge in [0.2, 0.25) is 0 Å². The fourth-order valence-corrected chi connectivity index (χ4v) is 3.43. The molecule has 1 atom stereocenters. The molecule has 0 spiro atoms. The minimum Gasteiger partial charge on any atom is -0.382 e. The van der Waals surface area contributed by atoms with Gasteiger partial charge in [-0.2, -0.15) is 5.10 Å². The number of carbonyl (C=O) groups is 1. The van der Waals surface area contributed by atoms with Gasteiger partial charge < -0.3 is 16.4 Å². The number of carbonyl (C=O) groups excluding carboxylic acids is 1. The van der Waals surface area contributed by atoms with Gasteiger partial charge in [0.25, 0.3) is 0 Å². The Hall–Kier alpha value is -3.77. The number of hydrogen-bond acceptors (Lipinski definition) is 3.